The maximum absolute atomic E-state index is 12.6. The van der Waals surface area contributed by atoms with Gasteiger partial charge in [-0.2, -0.15) is 0 Å². The van der Waals surface area contributed by atoms with E-state index in [-0.39, 0.29) is 22.9 Å². The van der Waals surface area contributed by atoms with Crippen LogP contribution in [0.4, 0.5) is 0 Å². The van der Waals surface area contributed by atoms with Crippen molar-refractivity contribution in [2.24, 2.45) is 16.0 Å². The molecule has 0 aromatic carbocycles. The third kappa shape index (κ3) is 3.21. The Balaban J connectivity index is 1.52. The zero-order chi connectivity index (χ0) is 16.6. The van der Waals surface area contributed by atoms with Crippen LogP contribution in [-0.2, 0) is 10.5 Å². The maximum Gasteiger partial charge on any atom is 0.235 e. The lowest BCUT2D eigenvalue weighted by Crippen LogP contribution is -2.39. The molecule has 2 fully saturated rings. The molecule has 3 aliphatic rings. The molecule has 2 aliphatic carbocycles. The van der Waals surface area contributed by atoms with Crippen LogP contribution in [0.3, 0.4) is 0 Å². The maximum atomic E-state index is 12.6. The molecule has 2 heterocycles. The summed E-state index contributed by atoms with van der Waals surface area (Å²) in [6.07, 6.45) is 12.3. The van der Waals surface area contributed by atoms with Gasteiger partial charge in [-0.1, -0.05) is 24.5 Å². The van der Waals surface area contributed by atoms with Crippen LogP contribution in [0, 0.1) is 5.92 Å². The van der Waals surface area contributed by atoms with Gasteiger partial charge in [-0.05, 0) is 43.5 Å². The van der Waals surface area contributed by atoms with Gasteiger partial charge in [0.2, 0.25) is 5.91 Å². The largest absolute Gasteiger partial charge is 0.346 e. The molecule has 2 saturated carbocycles. The minimum atomic E-state index is -0.360. The third-order valence-electron chi connectivity index (χ3n) is 5.34. The first-order valence-electron chi connectivity index (χ1n) is 8.85. The van der Waals surface area contributed by atoms with Crippen molar-refractivity contribution < 1.29 is 4.79 Å². The Morgan fingerprint density at radius 1 is 1.38 bits per heavy atom. The second kappa shape index (κ2) is 6.48. The fraction of sp³-hybridized carbons (Fsp3) is 0.750. The number of rotatable bonds is 5. The van der Waals surface area contributed by atoms with E-state index in [0.717, 1.165) is 31.4 Å². The van der Waals surface area contributed by atoms with Crippen molar-refractivity contribution in [3.05, 3.63) is 11.9 Å². The summed E-state index contributed by atoms with van der Waals surface area (Å²) in [5, 5.41) is 11.7. The van der Waals surface area contributed by atoms with E-state index in [1.165, 1.54) is 31.2 Å². The van der Waals surface area contributed by atoms with E-state index in [1.54, 1.807) is 4.68 Å². The first kappa shape index (κ1) is 16.1. The number of hydrogen-bond acceptors (Lipinski definition) is 6. The minimum absolute atomic E-state index is 0.0523. The Labute approximate surface area is 146 Å². The Kier molecular flexibility index (Phi) is 4.34. The summed E-state index contributed by atoms with van der Waals surface area (Å²) in [5.74, 6) is 0.476. The second-order valence-corrected chi connectivity index (χ2v) is 8.18. The van der Waals surface area contributed by atoms with Crippen molar-refractivity contribution in [3.63, 3.8) is 0 Å². The summed E-state index contributed by atoms with van der Waals surface area (Å²) < 4.78 is 5.88. The number of aromatic nitrogens is 3. The Hall–Kier alpha value is -1.41. The molecule has 130 valence electrons. The van der Waals surface area contributed by atoms with E-state index < -0.39 is 0 Å². The van der Waals surface area contributed by atoms with Crippen LogP contribution in [0.5, 0.6) is 0 Å². The highest BCUT2D eigenvalue weighted by atomic mass is 32.2. The molecule has 1 aliphatic heterocycles. The summed E-state index contributed by atoms with van der Waals surface area (Å²) >= 11 is 1.35. The summed E-state index contributed by atoms with van der Waals surface area (Å²) in [6.45, 7) is 0. The minimum Gasteiger partial charge on any atom is -0.346 e. The fourth-order valence-electron chi connectivity index (χ4n) is 3.59. The lowest BCUT2D eigenvalue weighted by atomic mass is 9.82. The highest BCUT2D eigenvalue weighted by molar-refractivity contribution is 7.99. The van der Waals surface area contributed by atoms with E-state index in [4.69, 9.17) is 5.73 Å². The lowest BCUT2D eigenvalue weighted by molar-refractivity contribution is -0.121. The molecule has 3 N–H and O–H groups in total. The number of amides is 1. The number of carbonyl (C=O) groups is 1. The molecule has 8 heteroatoms. The highest BCUT2D eigenvalue weighted by Crippen LogP contribution is 2.39. The van der Waals surface area contributed by atoms with Crippen molar-refractivity contribution in [2.75, 3.05) is 0 Å². The van der Waals surface area contributed by atoms with Gasteiger partial charge in [0, 0.05) is 12.6 Å². The smallest absolute Gasteiger partial charge is 0.235 e. The van der Waals surface area contributed by atoms with Gasteiger partial charge < -0.3 is 11.1 Å². The average molecular weight is 348 g/mol. The molecular weight excluding hydrogens is 324 g/mol. The van der Waals surface area contributed by atoms with Crippen LogP contribution >= 0.6 is 11.9 Å². The van der Waals surface area contributed by atoms with E-state index >= 15 is 0 Å². The Morgan fingerprint density at radius 2 is 2.17 bits per heavy atom. The van der Waals surface area contributed by atoms with Gasteiger partial charge in [-0.3, -0.25) is 4.79 Å². The van der Waals surface area contributed by atoms with Crippen molar-refractivity contribution in [1.82, 2.24) is 20.3 Å². The molecule has 0 saturated heterocycles. The van der Waals surface area contributed by atoms with Crippen LogP contribution in [-0.4, -0.2) is 32.4 Å². The Morgan fingerprint density at radius 3 is 2.83 bits per heavy atom. The zero-order valence-electron chi connectivity index (χ0n) is 13.7. The van der Waals surface area contributed by atoms with Gasteiger partial charge in [0.05, 0.1) is 12.2 Å². The predicted octanol–water partition coefficient (Wildman–Crippen LogP) is 1.91. The van der Waals surface area contributed by atoms with Crippen molar-refractivity contribution >= 4 is 24.1 Å². The molecule has 0 bridgehead atoms. The van der Waals surface area contributed by atoms with Crippen molar-refractivity contribution in [1.29, 1.82) is 0 Å². The van der Waals surface area contributed by atoms with Crippen LogP contribution in [0.1, 0.15) is 63.1 Å². The van der Waals surface area contributed by atoms with Crippen LogP contribution < -0.4 is 11.1 Å². The summed E-state index contributed by atoms with van der Waals surface area (Å²) in [4.78, 5) is 12.6. The monoisotopic (exact) mass is 348 g/mol. The summed E-state index contributed by atoms with van der Waals surface area (Å²) in [7, 11) is 0. The van der Waals surface area contributed by atoms with Crippen LogP contribution in [0.25, 0.3) is 0 Å². The van der Waals surface area contributed by atoms with Crippen molar-refractivity contribution in [3.8, 4) is 0 Å². The van der Waals surface area contributed by atoms with Gasteiger partial charge in [0.25, 0.3) is 0 Å². The number of nitrogens with one attached hydrogen (secondary N) is 1. The number of nitrogens with zero attached hydrogens (tertiary/aromatic N) is 4. The van der Waals surface area contributed by atoms with Gasteiger partial charge in [0.1, 0.15) is 16.6 Å². The van der Waals surface area contributed by atoms with Gasteiger partial charge >= 0.3 is 0 Å². The standard InChI is InChI=1S/C16H24N6OS/c17-16(7-8-16)22-10-12(20-21-22)14(11-4-2-1-3-5-11)19-15(23)13-6-9-18-24-13/h9-11,13-14H,1-8,17H2,(H,19,23)/t13?,14-/m0/s1. The average Bonchev–Trinajstić information content (AvgIpc) is 3.04. The second-order valence-electron chi connectivity index (χ2n) is 7.19. The predicted molar refractivity (Wildman–Crippen MR) is 93.4 cm³/mol. The van der Waals surface area contributed by atoms with Crippen molar-refractivity contribution in [2.45, 2.75) is 68.3 Å². The molecule has 0 radical (unpaired) electrons. The lowest BCUT2D eigenvalue weighted by Gasteiger charge is -2.30. The molecule has 1 aromatic heterocycles. The Bertz CT molecular complexity index is 626. The number of hydrogen-bond donors (Lipinski definition) is 2. The number of nitrogens with two attached hydrogens (primary N) is 1. The quantitative estimate of drug-likeness (QED) is 0.792. The first-order chi connectivity index (χ1) is 11.7. The molecule has 1 amide bonds. The molecule has 0 spiro atoms. The fourth-order valence-corrected chi connectivity index (χ4v) is 4.25. The third-order valence-corrected chi connectivity index (χ3v) is 6.27. The van der Waals surface area contributed by atoms with E-state index in [1.807, 2.05) is 12.4 Å². The van der Waals surface area contributed by atoms with E-state index in [0.29, 0.717) is 12.3 Å². The zero-order valence-corrected chi connectivity index (χ0v) is 14.5. The SMILES string of the molecule is NC1(n2cc([C@@H](NC(=O)C3CC=NS3)C3CCCCC3)nn2)CC1. The van der Waals surface area contributed by atoms with Crippen LogP contribution in [0.15, 0.2) is 10.6 Å². The summed E-state index contributed by atoms with van der Waals surface area (Å²) in [6, 6.07) is -0.0740. The molecule has 4 rings (SSSR count). The van der Waals surface area contributed by atoms with Gasteiger partial charge in [0.15, 0.2) is 0 Å². The topological polar surface area (TPSA) is 98.2 Å². The highest BCUT2D eigenvalue weighted by Gasteiger charge is 2.42. The van der Waals surface area contributed by atoms with Gasteiger partial charge in [-0.15, -0.1) is 5.10 Å². The summed E-state index contributed by atoms with van der Waals surface area (Å²) in [5.41, 5.74) is 6.70. The normalized spacial score (nSPS) is 27.1. The van der Waals surface area contributed by atoms with E-state index in [2.05, 4.69) is 20.0 Å². The molecule has 2 atom stereocenters. The van der Waals surface area contributed by atoms with Gasteiger partial charge in [-0.25, -0.2) is 9.08 Å². The molecular formula is C16H24N6OS. The molecule has 24 heavy (non-hydrogen) atoms. The van der Waals surface area contributed by atoms with E-state index in [9.17, 15) is 4.79 Å². The molecule has 1 aromatic rings. The van der Waals surface area contributed by atoms with Crippen LogP contribution in [0.2, 0.25) is 0 Å². The first-order valence-corrected chi connectivity index (χ1v) is 9.69. The number of carbonyl (C=O) groups excluding carboxylic acids is 1. The molecule has 7 nitrogen and oxygen atoms in total. The molecule has 1 unspecified atom stereocenters.